The highest BCUT2D eigenvalue weighted by atomic mass is 16.4. The van der Waals surface area contributed by atoms with Crippen molar-refractivity contribution in [3.05, 3.63) is 30.1 Å². The second-order valence-corrected chi connectivity index (χ2v) is 3.86. The average molecular weight is 251 g/mol. The van der Waals surface area contributed by atoms with Crippen LogP contribution in [0.1, 0.15) is 25.3 Å². The molecule has 0 aliphatic carbocycles. The lowest BCUT2D eigenvalue weighted by atomic mass is 10.2. The van der Waals surface area contributed by atoms with Gasteiger partial charge >= 0.3 is 12.0 Å². The molecule has 3 N–H and O–H groups in total. The van der Waals surface area contributed by atoms with Gasteiger partial charge < -0.3 is 15.7 Å². The Kier molecular flexibility index (Phi) is 5.63. The van der Waals surface area contributed by atoms with E-state index in [0.717, 1.165) is 5.56 Å². The highest BCUT2D eigenvalue weighted by molar-refractivity contribution is 5.82. The lowest BCUT2D eigenvalue weighted by Gasteiger charge is -2.14. The molecule has 0 saturated carbocycles. The fraction of sp³-hybridized carbons (Fsp3) is 0.417. The number of nitrogens with zero attached hydrogens (tertiary/aromatic N) is 1. The van der Waals surface area contributed by atoms with Crippen LogP contribution in [0.2, 0.25) is 0 Å². The van der Waals surface area contributed by atoms with Crippen molar-refractivity contribution in [1.29, 1.82) is 0 Å². The smallest absolute Gasteiger partial charge is 0.326 e. The van der Waals surface area contributed by atoms with Gasteiger partial charge in [0.1, 0.15) is 6.04 Å². The van der Waals surface area contributed by atoms with Crippen LogP contribution < -0.4 is 10.6 Å². The fourth-order valence-corrected chi connectivity index (χ4v) is 1.44. The molecule has 0 aliphatic heterocycles. The summed E-state index contributed by atoms with van der Waals surface area (Å²) in [5.74, 6) is -1.02. The van der Waals surface area contributed by atoms with E-state index < -0.39 is 18.0 Å². The van der Waals surface area contributed by atoms with E-state index in [1.165, 1.54) is 0 Å². The van der Waals surface area contributed by atoms with Crippen LogP contribution in [0.3, 0.4) is 0 Å². The number of aromatic nitrogens is 1. The highest BCUT2D eigenvalue weighted by Gasteiger charge is 2.18. The van der Waals surface area contributed by atoms with Gasteiger partial charge in [0, 0.05) is 18.9 Å². The highest BCUT2D eigenvalue weighted by Crippen LogP contribution is 1.98. The Morgan fingerprint density at radius 3 is 2.61 bits per heavy atom. The van der Waals surface area contributed by atoms with Crippen LogP contribution in [-0.4, -0.2) is 28.1 Å². The minimum atomic E-state index is -1.02. The summed E-state index contributed by atoms with van der Waals surface area (Å²) < 4.78 is 0. The first-order valence-corrected chi connectivity index (χ1v) is 5.79. The van der Waals surface area contributed by atoms with E-state index in [2.05, 4.69) is 15.6 Å². The molecule has 18 heavy (non-hydrogen) atoms. The maximum Gasteiger partial charge on any atom is 0.326 e. The first-order chi connectivity index (χ1) is 8.63. The summed E-state index contributed by atoms with van der Waals surface area (Å²) in [6.45, 7) is 2.21. The van der Waals surface area contributed by atoms with Crippen LogP contribution in [0, 0.1) is 0 Å². The largest absolute Gasteiger partial charge is 0.480 e. The van der Waals surface area contributed by atoms with E-state index in [-0.39, 0.29) is 0 Å². The third-order valence-electron chi connectivity index (χ3n) is 2.38. The van der Waals surface area contributed by atoms with Gasteiger partial charge in [-0.05, 0) is 24.1 Å². The third kappa shape index (κ3) is 4.82. The Bertz CT molecular complexity index is 395. The molecule has 2 amide bonds. The topological polar surface area (TPSA) is 91.3 Å². The second kappa shape index (κ2) is 7.26. The molecule has 0 fully saturated rings. The zero-order chi connectivity index (χ0) is 13.4. The van der Waals surface area contributed by atoms with Crippen molar-refractivity contribution >= 4 is 12.0 Å². The minimum absolute atomic E-state index is 0.340. The zero-order valence-corrected chi connectivity index (χ0v) is 10.2. The number of carbonyl (C=O) groups is 2. The van der Waals surface area contributed by atoms with Crippen LogP contribution >= 0.6 is 0 Å². The molecular formula is C12H17N3O3. The Morgan fingerprint density at radius 2 is 2.06 bits per heavy atom. The Balaban J connectivity index is 2.39. The van der Waals surface area contributed by atoms with Gasteiger partial charge in [-0.1, -0.05) is 13.3 Å². The van der Waals surface area contributed by atoms with Crippen molar-refractivity contribution in [2.75, 3.05) is 0 Å². The van der Waals surface area contributed by atoms with E-state index in [1.54, 1.807) is 24.5 Å². The van der Waals surface area contributed by atoms with Crippen LogP contribution in [0.5, 0.6) is 0 Å². The molecule has 98 valence electrons. The van der Waals surface area contributed by atoms with Crippen LogP contribution in [0.25, 0.3) is 0 Å². The molecule has 1 aromatic rings. The van der Waals surface area contributed by atoms with Crippen molar-refractivity contribution in [3.8, 4) is 0 Å². The fourth-order valence-electron chi connectivity index (χ4n) is 1.44. The Hall–Kier alpha value is -2.11. The molecular weight excluding hydrogens is 234 g/mol. The maximum atomic E-state index is 11.5. The molecule has 0 bridgehead atoms. The van der Waals surface area contributed by atoms with E-state index in [0.29, 0.717) is 19.4 Å². The van der Waals surface area contributed by atoms with Gasteiger partial charge in [0.05, 0.1) is 0 Å². The molecule has 6 heteroatoms. The number of amides is 2. The molecule has 0 saturated heterocycles. The quantitative estimate of drug-likeness (QED) is 0.707. The van der Waals surface area contributed by atoms with Gasteiger partial charge in [-0.3, -0.25) is 4.98 Å². The zero-order valence-electron chi connectivity index (χ0n) is 10.2. The number of pyridine rings is 1. The lowest BCUT2D eigenvalue weighted by Crippen LogP contribution is -2.45. The molecule has 1 heterocycles. The predicted molar refractivity (Wildman–Crippen MR) is 65.9 cm³/mol. The summed E-state index contributed by atoms with van der Waals surface area (Å²) >= 11 is 0. The molecule has 1 aromatic heterocycles. The number of urea groups is 1. The number of hydrogen-bond donors (Lipinski definition) is 3. The lowest BCUT2D eigenvalue weighted by molar-refractivity contribution is -0.139. The first kappa shape index (κ1) is 14.0. The average Bonchev–Trinajstić information content (AvgIpc) is 2.37. The van der Waals surface area contributed by atoms with E-state index in [4.69, 9.17) is 5.11 Å². The summed E-state index contributed by atoms with van der Waals surface area (Å²) in [5.41, 5.74) is 0.905. The number of hydrogen-bond acceptors (Lipinski definition) is 3. The van der Waals surface area contributed by atoms with Crippen molar-refractivity contribution < 1.29 is 14.7 Å². The van der Waals surface area contributed by atoms with E-state index in [1.807, 2.05) is 6.92 Å². The van der Waals surface area contributed by atoms with Gasteiger partial charge in [-0.25, -0.2) is 9.59 Å². The van der Waals surface area contributed by atoms with E-state index >= 15 is 0 Å². The third-order valence-corrected chi connectivity index (χ3v) is 2.38. The number of carboxylic acids is 1. The first-order valence-electron chi connectivity index (χ1n) is 5.79. The van der Waals surface area contributed by atoms with Gasteiger partial charge in [0.15, 0.2) is 0 Å². The van der Waals surface area contributed by atoms with Crippen LogP contribution in [-0.2, 0) is 11.3 Å². The Labute approximate surface area is 105 Å². The molecule has 1 unspecified atom stereocenters. The SMILES string of the molecule is CCCC(NC(=O)NCc1ccncc1)C(=O)O. The van der Waals surface area contributed by atoms with Crippen LogP contribution in [0.15, 0.2) is 24.5 Å². The molecule has 0 radical (unpaired) electrons. The number of rotatable bonds is 6. The summed E-state index contributed by atoms with van der Waals surface area (Å²) in [5, 5.41) is 13.9. The van der Waals surface area contributed by atoms with Gasteiger partial charge in [0.25, 0.3) is 0 Å². The van der Waals surface area contributed by atoms with Crippen molar-refractivity contribution in [2.24, 2.45) is 0 Å². The molecule has 0 aromatic carbocycles. The summed E-state index contributed by atoms with van der Waals surface area (Å²) in [6, 6.07) is 2.24. The van der Waals surface area contributed by atoms with Crippen molar-refractivity contribution in [3.63, 3.8) is 0 Å². The molecule has 1 rings (SSSR count). The van der Waals surface area contributed by atoms with Gasteiger partial charge in [0.2, 0.25) is 0 Å². The van der Waals surface area contributed by atoms with Crippen LogP contribution in [0.4, 0.5) is 4.79 Å². The summed E-state index contributed by atoms with van der Waals surface area (Å²) in [4.78, 5) is 26.2. The molecule has 0 spiro atoms. The number of aliphatic carboxylic acids is 1. The van der Waals surface area contributed by atoms with Gasteiger partial charge in [-0.2, -0.15) is 0 Å². The number of carbonyl (C=O) groups excluding carboxylic acids is 1. The van der Waals surface area contributed by atoms with Crippen molar-refractivity contribution in [2.45, 2.75) is 32.4 Å². The van der Waals surface area contributed by atoms with Gasteiger partial charge in [-0.15, -0.1) is 0 Å². The Morgan fingerprint density at radius 1 is 1.39 bits per heavy atom. The molecule has 1 atom stereocenters. The van der Waals surface area contributed by atoms with E-state index in [9.17, 15) is 9.59 Å². The standard InChI is InChI=1S/C12H17N3O3/c1-2-3-10(11(16)17)15-12(18)14-8-9-4-6-13-7-5-9/h4-7,10H,2-3,8H2,1H3,(H,16,17)(H2,14,15,18). The number of carboxylic acid groups (broad SMARTS) is 1. The number of nitrogens with one attached hydrogen (secondary N) is 2. The second-order valence-electron chi connectivity index (χ2n) is 3.86. The van der Waals surface area contributed by atoms with Crippen molar-refractivity contribution in [1.82, 2.24) is 15.6 Å². The predicted octanol–water partition coefficient (Wildman–Crippen LogP) is 1.13. The monoisotopic (exact) mass is 251 g/mol. The summed E-state index contributed by atoms with van der Waals surface area (Å²) in [7, 11) is 0. The minimum Gasteiger partial charge on any atom is -0.480 e. The normalized spacial score (nSPS) is 11.6. The molecule has 6 nitrogen and oxygen atoms in total. The molecule has 0 aliphatic rings. The maximum absolute atomic E-state index is 11.5. The summed E-state index contributed by atoms with van der Waals surface area (Å²) in [6.07, 6.45) is 4.37.